The van der Waals surface area contributed by atoms with Gasteiger partial charge in [-0.3, -0.25) is 14.0 Å². The predicted molar refractivity (Wildman–Crippen MR) is 144 cm³/mol. The van der Waals surface area contributed by atoms with E-state index in [9.17, 15) is 9.59 Å². The Morgan fingerprint density at radius 3 is 2.58 bits per heavy atom. The number of benzene rings is 2. The molecule has 1 fully saturated rings. The Hall–Kier alpha value is -3.16. The average Bonchev–Trinajstić information content (AvgIpc) is 3.45. The first-order valence-corrected chi connectivity index (χ1v) is 13.5. The Kier molecular flexibility index (Phi) is 7.39. The molecule has 2 aromatic carbocycles. The van der Waals surface area contributed by atoms with Crippen molar-refractivity contribution < 1.29 is 14.3 Å². The molecule has 186 valence electrons. The maximum Gasteiger partial charge on any atom is 0.306 e. The summed E-state index contributed by atoms with van der Waals surface area (Å²) in [4.78, 5) is 30.7. The number of fused-ring (bicyclic) bond motifs is 1. The fourth-order valence-electron chi connectivity index (χ4n) is 4.87. The standard InChI is InChI=1S/C28H28ClN3O3S/c1-2-35-26(33)14-18-6-8-19(9-7-18)20-10-12-21(13-11-20)25-17-32-16-24(31-28(32)36-25)27(34)30-23-5-3-4-22(29)15-23/h3-5,10-13,15-19H,2,6-9,14H2,1H3,(H,30,34)/t18-,19-. The van der Waals surface area contributed by atoms with E-state index >= 15 is 0 Å². The van der Waals surface area contributed by atoms with E-state index in [-0.39, 0.29) is 11.9 Å². The molecule has 1 aliphatic carbocycles. The van der Waals surface area contributed by atoms with Gasteiger partial charge in [-0.15, -0.1) is 0 Å². The van der Waals surface area contributed by atoms with Crippen molar-refractivity contribution in [2.24, 2.45) is 5.92 Å². The van der Waals surface area contributed by atoms with Crippen molar-refractivity contribution in [2.75, 3.05) is 11.9 Å². The number of esters is 1. The molecule has 0 aliphatic heterocycles. The molecule has 36 heavy (non-hydrogen) atoms. The first-order valence-electron chi connectivity index (χ1n) is 12.3. The SMILES string of the molecule is CCOC(=O)C[C@H]1CC[C@H](c2ccc(-c3cn4cc(C(=O)Nc5cccc(Cl)c5)nc4s3)cc2)CC1. The van der Waals surface area contributed by atoms with Crippen LogP contribution in [0.1, 0.15) is 61.0 Å². The van der Waals surface area contributed by atoms with Crippen LogP contribution in [0.5, 0.6) is 0 Å². The van der Waals surface area contributed by atoms with E-state index in [0.717, 1.165) is 41.1 Å². The molecule has 4 aromatic rings. The zero-order valence-corrected chi connectivity index (χ0v) is 21.6. The number of anilines is 1. The third-order valence-corrected chi connectivity index (χ3v) is 8.03. The number of nitrogens with zero attached hydrogens (tertiary/aromatic N) is 2. The topological polar surface area (TPSA) is 72.7 Å². The summed E-state index contributed by atoms with van der Waals surface area (Å²) in [5.74, 6) is 0.649. The number of nitrogens with one attached hydrogen (secondary N) is 1. The number of imidazole rings is 1. The highest BCUT2D eigenvalue weighted by atomic mass is 35.5. The van der Waals surface area contributed by atoms with Crippen molar-refractivity contribution >= 4 is 45.5 Å². The van der Waals surface area contributed by atoms with Crippen LogP contribution in [0.15, 0.2) is 60.9 Å². The zero-order valence-electron chi connectivity index (χ0n) is 20.1. The van der Waals surface area contributed by atoms with E-state index in [1.807, 2.05) is 17.5 Å². The number of hydrogen-bond donors (Lipinski definition) is 1. The molecule has 8 heteroatoms. The van der Waals surface area contributed by atoms with Crippen LogP contribution in [-0.4, -0.2) is 27.9 Å². The van der Waals surface area contributed by atoms with Crippen LogP contribution in [0.3, 0.4) is 0 Å². The molecule has 1 saturated carbocycles. The van der Waals surface area contributed by atoms with E-state index < -0.39 is 0 Å². The quantitative estimate of drug-likeness (QED) is 0.261. The van der Waals surface area contributed by atoms with E-state index in [1.54, 1.807) is 41.8 Å². The number of hydrogen-bond acceptors (Lipinski definition) is 5. The molecule has 0 bridgehead atoms. The molecular formula is C28H28ClN3O3S. The summed E-state index contributed by atoms with van der Waals surface area (Å²) in [6.45, 7) is 2.31. The van der Waals surface area contributed by atoms with Gasteiger partial charge < -0.3 is 10.1 Å². The second kappa shape index (κ2) is 10.8. The second-order valence-electron chi connectivity index (χ2n) is 9.22. The molecule has 0 saturated heterocycles. The van der Waals surface area contributed by atoms with Crippen molar-refractivity contribution in [3.8, 4) is 10.4 Å². The molecule has 6 nitrogen and oxygen atoms in total. The largest absolute Gasteiger partial charge is 0.466 e. The summed E-state index contributed by atoms with van der Waals surface area (Å²) in [7, 11) is 0. The highest BCUT2D eigenvalue weighted by molar-refractivity contribution is 7.20. The molecule has 1 aliphatic rings. The fraction of sp³-hybridized carbons (Fsp3) is 0.321. The minimum Gasteiger partial charge on any atom is -0.466 e. The van der Waals surface area contributed by atoms with Crippen LogP contribution in [-0.2, 0) is 9.53 Å². The summed E-state index contributed by atoms with van der Waals surface area (Å²) in [6, 6.07) is 15.8. The van der Waals surface area contributed by atoms with E-state index in [0.29, 0.717) is 41.3 Å². The number of halogens is 1. The summed E-state index contributed by atoms with van der Waals surface area (Å²) in [5.41, 5.74) is 3.49. The first kappa shape index (κ1) is 24.5. The van der Waals surface area contributed by atoms with Gasteiger partial charge in [0.1, 0.15) is 5.69 Å². The van der Waals surface area contributed by atoms with Gasteiger partial charge in [-0.1, -0.05) is 53.3 Å². The van der Waals surface area contributed by atoms with Crippen LogP contribution >= 0.6 is 22.9 Å². The molecule has 1 N–H and O–H groups in total. The lowest BCUT2D eigenvalue weighted by Gasteiger charge is -2.28. The number of ether oxygens (including phenoxy) is 1. The molecular weight excluding hydrogens is 494 g/mol. The Balaban J connectivity index is 1.21. The van der Waals surface area contributed by atoms with Crippen molar-refractivity contribution in [2.45, 2.75) is 44.9 Å². The van der Waals surface area contributed by atoms with Gasteiger partial charge in [0.25, 0.3) is 5.91 Å². The smallest absolute Gasteiger partial charge is 0.306 e. The molecule has 0 spiro atoms. The number of carbonyl (C=O) groups is 2. The minimum atomic E-state index is -0.268. The molecule has 0 unspecified atom stereocenters. The molecule has 2 aromatic heterocycles. The lowest BCUT2D eigenvalue weighted by atomic mass is 9.77. The number of carbonyl (C=O) groups excluding carboxylic acids is 2. The molecule has 0 atom stereocenters. The van der Waals surface area contributed by atoms with Crippen LogP contribution in [0.25, 0.3) is 15.4 Å². The van der Waals surface area contributed by atoms with Gasteiger partial charge in [-0.2, -0.15) is 0 Å². The number of amides is 1. The maximum absolute atomic E-state index is 12.6. The van der Waals surface area contributed by atoms with Crippen molar-refractivity contribution in [1.29, 1.82) is 0 Å². The minimum absolute atomic E-state index is 0.0681. The van der Waals surface area contributed by atoms with Crippen molar-refractivity contribution in [1.82, 2.24) is 9.38 Å². The summed E-state index contributed by atoms with van der Waals surface area (Å²) >= 11 is 7.55. The molecule has 2 heterocycles. The van der Waals surface area contributed by atoms with Gasteiger partial charge in [-0.25, -0.2) is 4.98 Å². The van der Waals surface area contributed by atoms with Crippen molar-refractivity contribution in [3.05, 3.63) is 77.2 Å². The third-order valence-electron chi connectivity index (χ3n) is 6.75. The lowest BCUT2D eigenvalue weighted by Crippen LogP contribution is -2.17. The molecule has 1 amide bonds. The lowest BCUT2D eigenvalue weighted by molar-refractivity contribution is -0.144. The second-order valence-corrected chi connectivity index (χ2v) is 10.7. The normalized spacial score (nSPS) is 17.7. The maximum atomic E-state index is 12.6. The zero-order chi connectivity index (χ0) is 25.1. The number of rotatable bonds is 7. The average molecular weight is 522 g/mol. The van der Waals surface area contributed by atoms with E-state index in [2.05, 4.69) is 34.6 Å². The predicted octanol–water partition coefficient (Wildman–Crippen LogP) is 7.20. The highest BCUT2D eigenvalue weighted by Gasteiger charge is 2.24. The number of thiazole rings is 1. The Labute approximate surface area is 219 Å². The highest BCUT2D eigenvalue weighted by Crippen LogP contribution is 2.38. The Morgan fingerprint density at radius 2 is 1.89 bits per heavy atom. The Bertz CT molecular complexity index is 1340. The number of aromatic nitrogens is 2. The summed E-state index contributed by atoms with van der Waals surface area (Å²) in [6.07, 6.45) is 8.66. The third kappa shape index (κ3) is 5.63. The van der Waals surface area contributed by atoms with Crippen LogP contribution in [0, 0.1) is 5.92 Å². The fourth-order valence-corrected chi connectivity index (χ4v) is 6.04. The molecule has 0 radical (unpaired) electrons. The van der Waals surface area contributed by atoms with Gasteiger partial charge in [0.15, 0.2) is 4.96 Å². The van der Waals surface area contributed by atoms with E-state index in [1.165, 1.54) is 5.56 Å². The van der Waals surface area contributed by atoms with E-state index in [4.69, 9.17) is 16.3 Å². The Morgan fingerprint density at radius 1 is 1.11 bits per heavy atom. The first-order chi connectivity index (χ1) is 17.5. The summed E-state index contributed by atoms with van der Waals surface area (Å²) in [5, 5.41) is 3.40. The summed E-state index contributed by atoms with van der Waals surface area (Å²) < 4.78 is 7.00. The van der Waals surface area contributed by atoms with Crippen LogP contribution < -0.4 is 5.32 Å². The monoisotopic (exact) mass is 521 g/mol. The van der Waals surface area contributed by atoms with Gasteiger partial charge in [-0.05, 0) is 73.8 Å². The van der Waals surface area contributed by atoms with Crippen molar-refractivity contribution in [3.63, 3.8) is 0 Å². The van der Waals surface area contributed by atoms with Gasteiger partial charge >= 0.3 is 5.97 Å². The van der Waals surface area contributed by atoms with Gasteiger partial charge in [0, 0.05) is 29.5 Å². The van der Waals surface area contributed by atoms with Gasteiger partial charge in [0.2, 0.25) is 0 Å². The van der Waals surface area contributed by atoms with Crippen LogP contribution in [0.2, 0.25) is 5.02 Å². The molecule has 5 rings (SSSR count). The van der Waals surface area contributed by atoms with Gasteiger partial charge in [0.05, 0.1) is 11.5 Å². The van der Waals surface area contributed by atoms with Crippen LogP contribution in [0.4, 0.5) is 5.69 Å².